The van der Waals surface area contributed by atoms with Crippen molar-refractivity contribution in [3.8, 4) is 0 Å². The second-order valence-electron chi connectivity index (χ2n) is 18.8. The van der Waals surface area contributed by atoms with E-state index in [4.69, 9.17) is 94.7 Å². The maximum absolute atomic E-state index is 13.3. The number of alkyl halides is 1. The molecule has 20 atom stereocenters. The van der Waals surface area contributed by atoms with E-state index < -0.39 is 226 Å². The molecule has 4 aliphatic rings. The van der Waals surface area contributed by atoms with Gasteiger partial charge in [-0.25, -0.2) is 0 Å². The normalized spacial score (nSPS) is 32.7. The zero-order valence-electron chi connectivity index (χ0n) is 47.7. The predicted octanol–water partition coefficient (Wildman–Crippen LogP) is -0.926. The predicted molar refractivity (Wildman–Crippen MR) is 265 cm³/mol. The Bertz CT molecular complexity index is 2410. The highest BCUT2D eigenvalue weighted by Crippen LogP contribution is 2.40. The van der Waals surface area contributed by atoms with Crippen molar-refractivity contribution >= 4 is 93.5 Å². The molecule has 0 aromatic carbocycles. The van der Waals surface area contributed by atoms with Crippen LogP contribution in [-0.4, -0.2) is 226 Å². The quantitative estimate of drug-likeness (QED) is 0.0678. The molecule has 4 heterocycles. The lowest BCUT2D eigenvalue weighted by molar-refractivity contribution is -0.385. The van der Waals surface area contributed by atoms with Crippen LogP contribution < -0.4 is 0 Å². The van der Waals surface area contributed by atoms with Gasteiger partial charge in [-0.3, -0.25) is 62.3 Å². The summed E-state index contributed by atoms with van der Waals surface area (Å²) in [5.41, 5.74) is 0. The van der Waals surface area contributed by atoms with E-state index in [2.05, 4.69) is 15.9 Å². The Labute approximate surface area is 487 Å². The Hall–Kier alpha value is -6.69. The molecule has 0 saturated carbocycles. The van der Waals surface area contributed by atoms with E-state index in [9.17, 15) is 62.3 Å². The van der Waals surface area contributed by atoms with Crippen molar-refractivity contribution in [3.63, 3.8) is 0 Å². The molecule has 0 spiro atoms. The maximum Gasteiger partial charge on any atom is 0.303 e. The summed E-state index contributed by atoms with van der Waals surface area (Å²) in [4.78, 5) is 165. The van der Waals surface area contributed by atoms with Crippen molar-refractivity contribution in [3.05, 3.63) is 0 Å². The summed E-state index contributed by atoms with van der Waals surface area (Å²) >= 11 is 3.24. The van der Waals surface area contributed by atoms with Crippen LogP contribution in [0.4, 0.5) is 0 Å². The van der Waals surface area contributed by atoms with Gasteiger partial charge in [0.15, 0.2) is 78.8 Å². The summed E-state index contributed by atoms with van der Waals surface area (Å²) in [7, 11) is 0. The summed E-state index contributed by atoms with van der Waals surface area (Å²) < 4.78 is 116. The van der Waals surface area contributed by atoms with Crippen LogP contribution in [0.25, 0.3) is 0 Å². The first kappa shape index (κ1) is 69.8. The number of hydrogen-bond acceptors (Lipinski definition) is 33. The Kier molecular flexibility index (Phi) is 26.6. The molecule has 4 rings (SSSR count). The van der Waals surface area contributed by atoms with E-state index >= 15 is 0 Å². The van der Waals surface area contributed by atoms with Crippen LogP contribution in [-0.2, 0) is 157 Å². The number of halogens is 1. The lowest BCUT2D eigenvalue weighted by atomic mass is 9.94. The third-order valence-electron chi connectivity index (χ3n) is 11.7. The van der Waals surface area contributed by atoms with Crippen molar-refractivity contribution in [1.29, 1.82) is 0 Å². The topological polar surface area (TPSA) is 407 Å². The standard InChI is InChI=1S/C50H67BrO33/c1-18(52)65-14-31-36(39(70-23(6)57)43(47(51)78-31)74-27(10)61)82-49-45(76-29(12)63)41(72-25(8)59)38(33(80-49)16-67-20(3)54)84-50-46(77-30(13)64)42(73-26(9)60)37(34(81-50)17-68-21(4)55)83-48-44(75-28(11)62)40(71-24(7)58)35(69-22(5)56)32(79-48)15-66-19(2)53/h31-50H,14-17H2,1-13H3/t31-,32-,33-,34-,35-,36-,37-,38-,39+,40+,41+,42+,43-,44-,45-,46-,47?,48+,49+,50+/m1/s1. The average Bonchev–Trinajstić information content (AvgIpc) is 3.34. The van der Waals surface area contributed by atoms with Gasteiger partial charge in [-0.05, 0) is 0 Å². The third-order valence-corrected chi connectivity index (χ3v) is 12.5. The highest BCUT2D eigenvalue weighted by Gasteiger charge is 2.61. The van der Waals surface area contributed by atoms with Gasteiger partial charge in [0.2, 0.25) is 0 Å². The molecule has 34 heteroatoms. The molecule has 0 aromatic heterocycles. The molecule has 0 aliphatic carbocycles. The van der Waals surface area contributed by atoms with Crippen molar-refractivity contribution in [2.24, 2.45) is 0 Å². The lowest BCUT2D eigenvalue weighted by Gasteiger charge is -2.51. The van der Waals surface area contributed by atoms with Gasteiger partial charge in [-0.15, -0.1) is 0 Å². The van der Waals surface area contributed by atoms with Crippen LogP contribution in [0.5, 0.6) is 0 Å². The van der Waals surface area contributed by atoms with E-state index in [1.807, 2.05) is 0 Å². The van der Waals surface area contributed by atoms with Crippen molar-refractivity contribution < 1.29 is 157 Å². The largest absolute Gasteiger partial charge is 0.463 e. The third kappa shape index (κ3) is 20.8. The van der Waals surface area contributed by atoms with Gasteiger partial charge < -0.3 is 94.7 Å². The fourth-order valence-corrected chi connectivity index (χ4v) is 9.71. The molecule has 0 N–H and O–H groups in total. The lowest BCUT2D eigenvalue weighted by Crippen LogP contribution is -2.69. The maximum atomic E-state index is 13.3. The number of hydrogen-bond donors (Lipinski definition) is 0. The first-order chi connectivity index (χ1) is 39.3. The van der Waals surface area contributed by atoms with Crippen molar-refractivity contribution in [2.75, 3.05) is 26.4 Å². The smallest absolute Gasteiger partial charge is 0.303 e. The molecule has 0 radical (unpaired) electrons. The highest BCUT2D eigenvalue weighted by molar-refractivity contribution is 9.09. The van der Waals surface area contributed by atoms with Crippen molar-refractivity contribution in [2.45, 2.75) is 212 Å². The van der Waals surface area contributed by atoms with Gasteiger partial charge in [-0.2, -0.15) is 0 Å². The van der Waals surface area contributed by atoms with Crippen molar-refractivity contribution in [1.82, 2.24) is 0 Å². The summed E-state index contributed by atoms with van der Waals surface area (Å²) in [6, 6.07) is 0. The van der Waals surface area contributed by atoms with E-state index in [0.29, 0.717) is 0 Å². The number of ether oxygens (including phenoxy) is 20. The summed E-state index contributed by atoms with van der Waals surface area (Å²) in [5.74, 6) is -13.0. The number of rotatable bonds is 23. The van der Waals surface area contributed by atoms with E-state index in [-0.39, 0.29) is 0 Å². The Morgan fingerprint density at radius 2 is 0.440 bits per heavy atom. The van der Waals surface area contributed by atoms with E-state index in [0.717, 1.165) is 90.0 Å². The van der Waals surface area contributed by atoms with Gasteiger partial charge >= 0.3 is 77.6 Å². The van der Waals surface area contributed by atoms with Crippen LogP contribution in [0.3, 0.4) is 0 Å². The van der Waals surface area contributed by atoms with Gasteiger partial charge in [0.05, 0.1) is 0 Å². The minimum atomic E-state index is -2.19. The molecule has 4 saturated heterocycles. The van der Waals surface area contributed by atoms with Gasteiger partial charge in [0.25, 0.3) is 0 Å². The molecule has 1 unspecified atom stereocenters. The fourth-order valence-electron chi connectivity index (χ4n) is 9.03. The Balaban J connectivity index is 1.97. The van der Waals surface area contributed by atoms with Crippen LogP contribution in [0.2, 0.25) is 0 Å². The number of esters is 13. The Morgan fingerprint density at radius 1 is 0.250 bits per heavy atom. The molecule has 33 nitrogen and oxygen atoms in total. The van der Waals surface area contributed by atoms with Gasteiger partial charge in [0, 0.05) is 90.0 Å². The first-order valence-corrected chi connectivity index (χ1v) is 26.5. The monoisotopic (exact) mass is 1270 g/mol. The summed E-state index contributed by atoms with van der Waals surface area (Å²) in [6.45, 7) is 9.42. The van der Waals surface area contributed by atoms with Crippen LogP contribution in [0.1, 0.15) is 90.0 Å². The van der Waals surface area contributed by atoms with Gasteiger partial charge in [-0.1, -0.05) is 15.9 Å². The molecule has 84 heavy (non-hydrogen) atoms. The molecular weight excluding hydrogens is 1210 g/mol. The molecule has 472 valence electrons. The minimum Gasteiger partial charge on any atom is -0.463 e. The van der Waals surface area contributed by atoms with Gasteiger partial charge in [0.1, 0.15) is 69.2 Å². The second-order valence-corrected chi connectivity index (χ2v) is 19.7. The zero-order chi connectivity index (χ0) is 63.0. The number of carbonyl (C=O) groups is 13. The summed E-state index contributed by atoms with van der Waals surface area (Å²) in [5, 5.41) is -1.27. The SMILES string of the molecule is CC(=O)OC[C@H]1O[C@@H](O[C@H]2[C@H](OC(C)=O)[C@@H](OC(C)=O)[C@H](O[C@H]3[C@H](OC(C)=O)[C@@H](OC(C)=O)[C@H](O[C@H]4[C@H](OC(C)=O)[C@@H](OC(C)=O)C(Br)O[C@@H]4COC(C)=O)O[C@@H]3COC(C)=O)O[C@@H]2COC(C)=O)[C@H](OC(C)=O)[C@@H](OC(C)=O)[C@@H]1OC(C)=O. The zero-order valence-corrected chi connectivity index (χ0v) is 49.3. The number of carbonyl (C=O) groups excluding carboxylic acids is 13. The molecule has 0 aromatic rings. The van der Waals surface area contributed by atoms with Crippen LogP contribution in [0.15, 0.2) is 0 Å². The second kappa shape index (κ2) is 32.0. The Morgan fingerprint density at radius 3 is 0.690 bits per heavy atom. The molecule has 0 bridgehead atoms. The van der Waals surface area contributed by atoms with E-state index in [1.54, 1.807) is 0 Å². The van der Waals surface area contributed by atoms with E-state index in [1.165, 1.54) is 0 Å². The average molecular weight is 1280 g/mol. The molecule has 4 fully saturated rings. The van der Waals surface area contributed by atoms with Crippen LogP contribution >= 0.6 is 15.9 Å². The summed E-state index contributed by atoms with van der Waals surface area (Å²) in [6.07, 6.45) is -35.7. The van der Waals surface area contributed by atoms with Crippen LogP contribution in [0, 0.1) is 0 Å². The molecular formula is C50H67BrO33. The fraction of sp³-hybridized carbons (Fsp3) is 0.740. The first-order valence-electron chi connectivity index (χ1n) is 25.6. The molecule has 4 aliphatic heterocycles. The molecule has 0 amide bonds. The minimum absolute atomic E-state index is 0.638. The highest BCUT2D eigenvalue weighted by atomic mass is 79.9.